The van der Waals surface area contributed by atoms with E-state index in [0.29, 0.717) is 0 Å². The molecule has 15 heavy (non-hydrogen) atoms. The molecule has 1 atom stereocenters. The SMILES string of the molecule is CCC(C)CSc1cc(NC)nc(C)n1. The molecule has 0 fully saturated rings. The maximum Gasteiger partial charge on any atom is 0.130 e. The van der Waals surface area contributed by atoms with E-state index < -0.39 is 0 Å². The Kier molecular flexibility index (Phi) is 4.88. The van der Waals surface area contributed by atoms with E-state index in [1.807, 2.05) is 20.0 Å². The first-order valence-corrected chi connectivity index (χ1v) is 6.30. The van der Waals surface area contributed by atoms with Crippen molar-refractivity contribution in [3.8, 4) is 0 Å². The van der Waals surface area contributed by atoms with Crippen LogP contribution in [0.5, 0.6) is 0 Å². The van der Waals surface area contributed by atoms with E-state index in [4.69, 9.17) is 0 Å². The molecule has 1 heterocycles. The minimum Gasteiger partial charge on any atom is -0.373 e. The van der Waals surface area contributed by atoms with Crippen LogP contribution in [0.3, 0.4) is 0 Å². The van der Waals surface area contributed by atoms with Gasteiger partial charge in [0.15, 0.2) is 0 Å². The minimum absolute atomic E-state index is 0.739. The van der Waals surface area contributed by atoms with Gasteiger partial charge >= 0.3 is 0 Å². The molecule has 0 bridgehead atoms. The van der Waals surface area contributed by atoms with Gasteiger partial charge in [-0.3, -0.25) is 0 Å². The molecular weight excluding hydrogens is 206 g/mol. The summed E-state index contributed by atoms with van der Waals surface area (Å²) in [5, 5.41) is 4.11. The first-order valence-electron chi connectivity index (χ1n) is 5.32. The second-order valence-corrected chi connectivity index (χ2v) is 4.75. The van der Waals surface area contributed by atoms with Crippen LogP contribution < -0.4 is 5.32 Å². The summed E-state index contributed by atoms with van der Waals surface area (Å²) in [7, 11) is 1.88. The number of rotatable bonds is 5. The van der Waals surface area contributed by atoms with Crippen LogP contribution >= 0.6 is 11.8 Å². The van der Waals surface area contributed by atoms with Gasteiger partial charge in [0.1, 0.15) is 16.7 Å². The van der Waals surface area contributed by atoms with Crippen LogP contribution in [-0.4, -0.2) is 22.8 Å². The molecule has 0 aliphatic rings. The van der Waals surface area contributed by atoms with Crippen LogP contribution in [0.2, 0.25) is 0 Å². The summed E-state index contributed by atoms with van der Waals surface area (Å²) in [6, 6.07) is 2.00. The van der Waals surface area contributed by atoms with Crippen molar-refractivity contribution in [3.63, 3.8) is 0 Å². The quantitative estimate of drug-likeness (QED) is 0.617. The Morgan fingerprint density at radius 3 is 2.80 bits per heavy atom. The lowest BCUT2D eigenvalue weighted by molar-refractivity contribution is 0.636. The van der Waals surface area contributed by atoms with E-state index in [1.54, 1.807) is 11.8 Å². The number of nitrogens with zero attached hydrogens (tertiary/aromatic N) is 2. The molecule has 0 spiro atoms. The Bertz CT molecular complexity index is 315. The van der Waals surface area contributed by atoms with Crippen molar-refractivity contribution in [2.75, 3.05) is 18.1 Å². The normalized spacial score (nSPS) is 12.5. The van der Waals surface area contributed by atoms with Crippen LogP contribution in [0.1, 0.15) is 26.1 Å². The molecule has 1 aromatic rings. The molecule has 0 radical (unpaired) electrons. The Morgan fingerprint density at radius 2 is 2.20 bits per heavy atom. The van der Waals surface area contributed by atoms with Crippen LogP contribution in [0, 0.1) is 12.8 Å². The van der Waals surface area contributed by atoms with Crippen LogP contribution in [0.15, 0.2) is 11.1 Å². The molecule has 1 rings (SSSR count). The second kappa shape index (κ2) is 5.95. The van der Waals surface area contributed by atoms with Crippen molar-refractivity contribution in [3.05, 3.63) is 11.9 Å². The topological polar surface area (TPSA) is 37.8 Å². The maximum atomic E-state index is 4.40. The lowest BCUT2D eigenvalue weighted by Gasteiger charge is -2.08. The zero-order valence-corrected chi connectivity index (χ0v) is 10.7. The summed E-state index contributed by atoms with van der Waals surface area (Å²) < 4.78 is 0. The minimum atomic E-state index is 0.739. The smallest absolute Gasteiger partial charge is 0.130 e. The Hall–Kier alpha value is -0.770. The average Bonchev–Trinajstić information content (AvgIpc) is 2.25. The monoisotopic (exact) mass is 225 g/mol. The summed E-state index contributed by atoms with van der Waals surface area (Å²) in [5.74, 6) is 3.58. The number of hydrogen-bond acceptors (Lipinski definition) is 4. The zero-order chi connectivity index (χ0) is 11.3. The van der Waals surface area contributed by atoms with Crippen LogP contribution in [-0.2, 0) is 0 Å². The third kappa shape index (κ3) is 4.08. The molecule has 1 unspecified atom stereocenters. The van der Waals surface area contributed by atoms with E-state index >= 15 is 0 Å². The van der Waals surface area contributed by atoms with E-state index in [9.17, 15) is 0 Å². The van der Waals surface area contributed by atoms with Crippen molar-refractivity contribution in [1.29, 1.82) is 0 Å². The summed E-state index contributed by atoms with van der Waals surface area (Å²) in [6.07, 6.45) is 1.22. The molecule has 0 saturated heterocycles. The highest BCUT2D eigenvalue weighted by Gasteiger charge is 2.04. The van der Waals surface area contributed by atoms with E-state index in [1.165, 1.54) is 6.42 Å². The lowest BCUT2D eigenvalue weighted by atomic mass is 10.2. The van der Waals surface area contributed by atoms with Gasteiger partial charge in [-0.15, -0.1) is 11.8 Å². The third-order valence-electron chi connectivity index (χ3n) is 2.28. The van der Waals surface area contributed by atoms with Gasteiger partial charge in [-0.25, -0.2) is 9.97 Å². The fourth-order valence-corrected chi connectivity index (χ4v) is 2.17. The van der Waals surface area contributed by atoms with Gasteiger partial charge in [0.2, 0.25) is 0 Å². The van der Waals surface area contributed by atoms with Gasteiger partial charge < -0.3 is 5.32 Å². The van der Waals surface area contributed by atoms with Gasteiger partial charge in [-0.2, -0.15) is 0 Å². The van der Waals surface area contributed by atoms with E-state index in [0.717, 1.165) is 28.3 Å². The number of nitrogens with one attached hydrogen (secondary N) is 1. The molecular formula is C11H19N3S. The van der Waals surface area contributed by atoms with Gasteiger partial charge in [0.05, 0.1) is 0 Å². The van der Waals surface area contributed by atoms with Crippen molar-refractivity contribution in [2.24, 2.45) is 5.92 Å². The van der Waals surface area contributed by atoms with Gasteiger partial charge in [0.25, 0.3) is 0 Å². The molecule has 0 saturated carbocycles. The third-order valence-corrected chi connectivity index (χ3v) is 3.52. The number of anilines is 1. The zero-order valence-electron chi connectivity index (χ0n) is 9.87. The van der Waals surface area contributed by atoms with Crippen molar-refractivity contribution in [2.45, 2.75) is 32.2 Å². The Morgan fingerprint density at radius 1 is 1.47 bits per heavy atom. The molecule has 84 valence electrons. The second-order valence-electron chi connectivity index (χ2n) is 3.71. The highest BCUT2D eigenvalue weighted by Crippen LogP contribution is 2.21. The fourth-order valence-electron chi connectivity index (χ4n) is 1.09. The van der Waals surface area contributed by atoms with Gasteiger partial charge in [0, 0.05) is 18.9 Å². The highest BCUT2D eigenvalue weighted by molar-refractivity contribution is 7.99. The molecule has 1 aromatic heterocycles. The fraction of sp³-hybridized carbons (Fsp3) is 0.636. The Balaban J connectivity index is 2.64. The predicted molar refractivity (Wildman–Crippen MR) is 66.5 cm³/mol. The number of thioether (sulfide) groups is 1. The Labute approximate surface area is 96.1 Å². The first kappa shape index (κ1) is 12.3. The van der Waals surface area contributed by atoms with Crippen LogP contribution in [0.25, 0.3) is 0 Å². The standard InChI is InChI=1S/C11H19N3S/c1-5-8(2)7-15-11-6-10(12-4)13-9(3)14-11/h6,8H,5,7H2,1-4H3,(H,12,13,14). The predicted octanol–water partition coefficient (Wildman–Crippen LogP) is 2.96. The average molecular weight is 225 g/mol. The molecule has 4 heteroatoms. The number of hydrogen-bond donors (Lipinski definition) is 1. The lowest BCUT2D eigenvalue weighted by Crippen LogP contribution is -2.00. The summed E-state index contributed by atoms with van der Waals surface area (Å²) in [6.45, 7) is 6.41. The molecule has 0 aromatic carbocycles. The molecule has 0 aliphatic heterocycles. The molecule has 0 amide bonds. The summed E-state index contributed by atoms with van der Waals surface area (Å²) in [4.78, 5) is 8.66. The number of aryl methyl sites for hydroxylation is 1. The molecule has 0 aliphatic carbocycles. The van der Waals surface area contributed by atoms with Crippen LogP contribution in [0.4, 0.5) is 5.82 Å². The van der Waals surface area contributed by atoms with Crippen molar-refractivity contribution in [1.82, 2.24) is 9.97 Å². The van der Waals surface area contributed by atoms with Crippen molar-refractivity contribution < 1.29 is 0 Å². The maximum absolute atomic E-state index is 4.40. The van der Waals surface area contributed by atoms with E-state index in [-0.39, 0.29) is 0 Å². The summed E-state index contributed by atoms with van der Waals surface area (Å²) >= 11 is 1.81. The largest absolute Gasteiger partial charge is 0.373 e. The van der Waals surface area contributed by atoms with Gasteiger partial charge in [-0.1, -0.05) is 20.3 Å². The van der Waals surface area contributed by atoms with E-state index in [2.05, 4.69) is 29.1 Å². The van der Waals surface area contributed by atoms with Crippen molar-refractivity contribution >= 4 is 17.6 Å². The highest BCUT2D eigenvalue weighted by atomic mass is 32.2. The first-order chi connectivity index (χ1) is 7.15. The number of aromatic nitrogens is 2. The molecule has 1 N–H and O–H groups in total. The van der Waals surface area contributed by atoms with Gasteiger partial charge in [-0.05, 0) is 12.8 Å². The summed E-state index contributed by atoms with van der Waals surface area (Å²) in [5.41, 5.74) is 0. The molecule has 3 nitrogen and oxygen atoms in total.